The average Bonchev–Trinajstić information content (AvgIpc) is 0.722. The summed E-state index contributed by atoms with van der Waals surface area (Å²) in [5.41, 5.74) is 0. The van der Waals surface area contributed by atoms with Crippen molar-refractivity contribution in [3.63, 3.8) is 0 Å². The molecule has 0 atom stereocenters. The van der Waals surface area contributed by atoms with Crippen LogP contribution in [0.4, 0.5) is 0 Å². The Morgan fingerprint density at radius 2 is 0.875 bits per heavy atom. The molecule has 0 bridgehead atoms. The Morgan fingerprint density at radius 1 is 0.875 bits per heavy atom. The number of hydrogen-bond acceptors (Lipinski definition) is 3. The van der Waals surface area contributed by atoms with E-state index in [4.69, 9.17) is 14.4 Å². The summed E-state index contributed by atoms with van der Waals surface area (Å²) >= 11 is 4.00. The zero-order valence-electron chi connectivity index (χ0n) is 5.10. The number of rotatable bonds is 0. The molecule has 0 radical (unpaired) electrons. The van der Waals surface area contributed by atoms with Crippen LogP contribution in [-0.4, -0.2) is 8.11 Å². The molecule has 0 aromatic carbocycles. The summed E-state index contributed by atoms with van der Waals surface area (Å²) in [7, 11) is -4.89. The fourth-order valence-corrected chi connectivity index (χ4v) is 0. The molecule has 0 amide bonds. The van der Waals surface area contributed by atoms with E-state index in [1.165, 1.54) is 0 Å². The second-order valence-corrected chi connectivity index (χ2v) is 2.83. The van der Waals surface area contributed by atoms with E-state index in [0.717, 1.165) is 0 Å². The molecule has 0 N–H and O–H groups in total. The Labute approximate surface area is 181 Å². The van der Waals surface area contributed by atoms with Crippen LogP contribution in [0.25, 0.3) is 0 Å². The minimum absolute atomic E-state index is 0. The van der Waals surface area contributed by atoms with Crippen molar-refractivity contribution in [3.8, 4) is 0 Å². The van der Waals surface area contributed by atoms with Crippen molar-refractivity contribution >= 4 is 19.2 Å². The molecule has 0 saturated carbocycles. The Morgan fingerprint density at radius 3 is 0.875 bits per heavy atom. The fourth-order valence-electron chi connectivity index (χ4n) is 0. The van der Waals surface area contributed by atoms with Crippen LogP contribution < -0.4 is 169 Å². The third-order valence-electron chi connectivity index (χ3n) is 0. The monoisotopic (exact) mass is 228 g/mol. The quantitative estimate of drug-likeness (QED) is 0.306. The van der Waals surface area contributed by atoms with Crippen molar-refractivity contribution in [3.05, 3.63) is 0 Å². The molecule has 0 heterocycles. The second-order valence-electron chi connectivity index (χ2n) is 0.481. The van der Waals surface area contributed by atoms with Crippen molar-refractivity contribution in [1.29, 1.82) is 0 Å². The van der Waals surface area contributed by atoms with E-state index in [-0.39, 0.29) is 154 Å². The molecule has 0 aliphatic rings. The first-order valence-corrected chi connectivity index (χ1v) is 3.54. The average molecular weight is 229 g/mol. The number of halogens is 1. The van der Waals surface area contributed by atoms with Crippen LogP contribution in [0.15, 0.2) is 0 Å². The van der Waals surface area contributed by atoms with Crippen LogP contribution in [0.3, 0.4) is 0 Å². The molecule has 0 saturated heterocycles. The second kappa shape index (κ2) is 12.3. The fraction of sp³-hybridized carbons (Fsp3) is 0. The summed E-state index contributed by atoms with van der Waals surface area (Å²) in [6.07, 6.45) is 0. The van der Waals surface area contributed by atoms with Crippen LogP contribution in [0, 0.1) is 0 Å². The third kappa shape index (κ3) is 42.7. The van der Waals surface area contributed by atoms with Gasteiger partial charge in [-0.05, 0) is 0 Å². The number of hydrogen-bond donors (Lipinski definition) is 0. The standard InChI is InChI=1S/ClO3Si.3K/c1-5(2,3)4;;;/q-3;3*+1. The van der Waals surface area contributed by atoms with Gasteiger partial charge >= 0.3 is 154 Å². The van der Waals surface area contributed by atoms with Crippen LogP contribution in [0.5, 0.6) is 0 Å². The van der Waals surface area contributed by atoms with E-state index in [9.17, 15) is 0 Å². The van der Waals surface area contributed by atoms with Gasteiger partial charge in [0, 0.05) is 0 Å². The van der Waals surface area contributed by atoms with Crippen molar-refractivity contribution in [1.82, 2.24) is 0 Å². The Hall–Kier alpha value is 5.30. The molecule has 0 rings (SSSR count). The summed E-state index contributed by atoms with van der Waals surface area (Å²) in [5.74, 6) is 0. The van der Waals surface area contributed by atoms with Gasteiger partial charge in [0.1, 0.15) is 0 Å². The summed E-state index contributed by atoms with van der Waals surface area (Å²) in [6.45, 7) is 0. The molecule has 0 aromatic heterocycles. The maximum absolute atomic E-state index is 8.90. The van der Waals surface area contributed by atoms with E-state index in [1.54, 1.807) is 0 Å². The molecule has 0 fully saturated rings. The molecule has 32 valence electrons. The van der Waals surface area contributed by atoms with Gasteiger partial charge in [-0.15, -0.1) is 0 Å². The first-order valence-electron chi connectivity index (χ1n) is 0.801. The first kappa shape index (κ1) is 23.3. The molecule has 8 heavy (non-hydrogen) atoms. The predicted octanol–water partition coefficient (Wildman–Crippen LogP) is -12.2. The molecule has 0 aliphatic carbocycles. The van der Waals surface area contributed by atoms with Crippen molar-refractivity contribution in [2.24, 2.45) is 0 Å². The van der Waals surface area contributed by atoms with Crippen molar-refractivity contribution in [2.45, 2.75) is 0 Å². The topological polar surface area (TPSA) is 69.2 Å². The van der Waals surface area contributed by atoms with E-state index in [0.29, 0.717) is 0 Å². The van der Waals surface area contributed by atoms with E-state index in [1.807, 2.05) is 0 Å². The summed E-state index contributed by atoms with van der Waals surface area (Å²) in [4.78, 5) is 26.7. The van der Waals surface area contributed by atoms with Crippen molar-refractivity contribution < 1.29 is 169 Å². The molecular weight excluding hydrogens is 229 g/mol. The first-order chi connectivity index (χ1) is 2.00. The van der Waals surface area contributed by atoms with Gasteiger partial charge in [-0.3, -0.25) is 0 Å². The smallest absolute Gasteiger partial charge is 0.870 e. The third-order valence-corrected chi connectivity index (χ3v) is 0. The van der Waals surface area contributed by atoms with Crippen LogP contribution in [0.1, 0.15) is 0 Å². The maximum Gasteiger partial charge on any atom is 1.00 e. The van der Waals surface area contributed by atoms with Gasteiger partial charge < -0.3 is 14.4 Å². The van der Waals surface area contributed by atoms with E-state index >= 15 is 0 Å². The van der Waals surface area contributed by atoms with Crippen LogP contribution in [0.2, 0.25) is 0 Å². The van der Waals surface area contributed by atoms with Gasteiger partial charge in [0.25, 0.3) is 0 Å². The largest absolute Gasteiger partial charge is 1.00 e. The zero-order valence-corrected chi connectivity index (χ0v) is 16.2. The van der Waals surface area contributed by atoms with Gasteiger partial charge in [0.05, 0.1) is 0 Å². The van der Waals surface area contributed by atoms with E-state index < -0.39 is 8.11 Å². The minimum Gasteiger partial charge on any atom is -0.870 e. The van der Waals surface area contributed by atoms with Gasteiger partial charge in [-0.2, -0.15) is 8.11 Å². The Bertz CT molecular complexity index is 30.0. The van der Waals surface area contributed by atoms with Gasteiger partial charge in [-0.25, -0.2) is 11.1 Å². The SMILES string of the molecule is [K+].[K+].[K+].[O-][Si]([O-])([O-])Cl. The summed E-state index contributed by atoms with van der Waals surface area (Å²) in [6, 6.07) is 0. The molecule has 8 heteroatoms. The Kier molecular flexibility index (Phi) is 35.8. The molecule has 0 unspecified atom stereocenters. The normalized spacial score (nSPS) is 7.50. The van der Waals surface area contributed by atoms with E-state index in [2.05, 4.69) is 11.1 Å². The Balaban J connectivity index is -0.0000000267. The minimum atomic E-state index is -4.89. The molecule has 0 spiro atoms. The zero-order chi connectivity index (χ0) is 4.50. The van der Waals surface area contributed by atoms with Crippen molar-refractivity contribution in [2.75, 3.05) is 0 Å². The molecule has 0 aromatic rings. The van der Waals surface area contributed by atoms with Gasteiger partial charge in [-0.1, -0.05) is 0 Å². The predicted molar refractivity (Wildman–Crippen MR) is 11.6 cm³/mol. The molecule has 3 nitrogen and oxygen atoms in total. The van der Waals surface area contributed by atoms with Crippen LogP contribution >= 0.6 is 11.1 Å². The molecular formula is ClK3O3Si. The van der Waals surface area contributed by atoms with Gasteiger partial charge in [0.2, 0.25) is 0 Å². The molecule has 0 aliphatic heterocycles. The van der Waals surface area contributed by atoms with Crippen LogP contribution in [-0.2, 0) is 0 Å². The van der Waals surface area contributed by atoms with Gasteiger partial charge in [0.15, 0.2) is 0 Å². The summed E-state index contributed by atoms with van der Waals surface area (Å²) in [5, 5.41) is 0. The summed E-state index contributed by atoms with van der Waals surface area (Å²) < 4.78 is 0. The maximum atomic E-state index is 8.90.